The van der Waals surface area contributed by atoms with Gasteiger partial charge in [-0.05, 0) is 55.6 Å². The summed E-state index contributed by atoms with van der Waals surface area (Å²) in [6.07, 6.45) is 5.69. The normalized spacial score (nSPS) is 13.1. The lowest BCUT2D eigenvalue weighted by Gasteiger charge is -2.19. The van der Waals surface area contributed by atoms with Gasteiger partial charge in [0, 0.05) is 35.6 Å². The van der Waals surface area contributed by atoms with E-state index in [0.717, 1.165) is 35.8 Å². The van der Waals surface area contributed by atoms with Gasteiger partial charge in [0.15, 0.2) is 0 Å². The van der Waals surface area contributed by atoms with Gasteiger partial charge in [-0.15, -0.1) is 11.3 Å². The number of fused-ring (bicyclic) bond motifs is 1. The highest BCUT2D eigenvalue weighted by molar-refractivity contribution is 7.09. The van der Waals surface area contributed by atoms with Crippen molar-refractivity contribution in [3.8, 4) is 5.75 Å². The maximum absolute atomic E-state index is 12.6. The molecule has 0 aliphatic heterocycles. The molecule has 0 saturated carbocycles. The molecule has 4 rings (SSSR count). The Morgan fingerprint density at radius 1 is 1.25 bits per heavy atom. The van der Waals surface area contributed by atoms with Gasteiger partial charge in [-0.2, -0.15) is 0 Å². The van der Waals surface area contributed by atoms with Crippen molar-refractivity contribution in [1.82, 2.24) is 14.9 Å². The van der Waals surface area contributed by atoms with Gasteiger partial charge >= 0.3 is 0 Å². The molecule has 0 bridgehead atoms. The van der Waals surface area contributed by atoms with Gasteiger partial charge in [0.1, 0.15) is 17.4 Å². The van der Waals surface area contributed by atoms with Gasteiger partial charge in [0.2, 0.25) is 0 Å². The topological polar surface area (TPSA) is 56.1 Å². The Bertz CT molecular complexity index is 1080. The SMILES string of the molecule is CNCc1ccc2c(c1)CCC(n1ccc(OCc3nc(C)cs3)cc1=O)=C2. The number of benzene rings is 1. The van der Waals surface area contributed by atoms with E-state index in [4.69, 9.17) is 4.74 Å². The van der Waals surface area contributed by atoms with Gasteiger partial charge in [0.05, 0.1) is 0 Å². The van der Waals surface area contributed by atoms with Crippen LogP contribution < -0.4 is 15.6 Å². The van der Waals surface area contributed by atoms with Crippen molar-refractivity contribution in [2.45, 2.75) is 32.9 Å². The number of aryl methyl sites for hydroxylation is 2. The summed E-state index contributed by atoms with van der Waals surface area (Å²) < 4.78 is 7.44. The first kappa shape index (κ1) is 18.7. The summed E-state index contributed by atoms with van der Waals surface area (Å²) in [6.45, 7) is 3.21. The van der Waals surface area contributed by atoms with Crippen LogP contribution in [0.5, 0.6) is 5.75 Å². The Morgan fingerprint density at radius 3 is 2.89 bits per heavy atom. The molecule has 0 atom stereocenters. The third kappa shape index (κ3) is 4.08. The van der Waals surface area contributed by atoms with Gasteiger partial charge in [-0.25, -0.2) is 4.98 Å². The molecule has 3 aromatic rings. The van der Waals surface area contributed by atoms with Crippen molar-refractivity contribution >= 4 is 23.1 Å². The van der Waals surface area contributed by atoms with Gasteiger partial charge in [0.25, 0.3) is 5.56 Å². The largest absolute Gasteiger partial charge is 0.486 e. The van der Waals surface area contributed by atoms with Crippen LogP contribution >= 0.6 is 11.3 Å². The molecule has 1 aromatic carbocycles. The summed E-state index contributed by atoms with van der Waals surface area (Å²) >= 11 is 1.56. The molecule has 1 aliphatic rings. The van der Waals surface area contributed by atoms with Gasteiger partial charge < -0.3 is 10.1 Å². The van der Waals surface area contributed by atoms with E-state index in [-0.39, 0.29) is 5.56 Å². The van der Waals surface area contributed by atoms with Crippen molar-refractivity contribution in [2.24, 2.45) is 0 Å². The highest BCUT2D eigenvalue weighted by atomic mass is 32.1. The Labute approximate surface area is 168 Å². The highest BCUT2D eigenvalue weighted by Gasteiger charge is 2.14. The summed E-state index contributed by atoms with van der Waals surface area (Å²) in [5.41, 5.74) is 5.74. The first-order valence-corrected chi connectivity index (χ1v) is 10.2. The molecule has 0 unspecified atom stereocenters. The Morgan fingerprint density at radius 2 is 2.14 bits per heavy atom. The first-order valence-electron chi connectivity index (χ1n) is 9.36. The van der Waals surface area contributed by atoms with Crippen LogP contribution in [0.1, 0.15) is 33.8 Å². The van der Waals surface area contributed by atoms with Crippen LogP contribution in [0.2, 0.25) is 0 Å². The molecule has 2 heterocycles. The van der Waals surface area contributed by atoms with E-state index in [9.17, 15) is 4.79 Å². The average Bonchev–Trinajstić information content (AvgIpc) is 3.12. The number of ether oxygens (including phenoxy) is 1. The van der Waals surface area contributed by atoms with E-state index in [0.29, 0.717) is 12.4 Å². The molecule has 2 aromatic heterocycles. The van der Waals surface area contributed by atoms with Gasteiger partial charge in [-0.3, -0.25) is 9.36 Å². The highest BCUT2D eigenvalue weighted by Crippen LogP contribution is 2.27. The van der Waals surface area contributed by atoms with Crippen molar-refractivity contribution in [1.29, 1.82) is 0 Å². The van der Waals surface area contributed by atoms with Crippen molar-refractivity contribution in [3.05, 3.63) is 79.7 Å². The Hall–Kier alpha value is -2.70. The lowest BCUT2D eigenvalue weighted by molar-refractivity contribution is 0.304. The molecular formula is C22H23N3O2S. The van der Waals surface area contributed by atoms with E-state index in [2.05, 4.69) is 34.6 Å². The molecule has 0 saturated heterocycles. The van der Waals surface area contributed by atoms with Crippen LogP contribution in [0.15, 0.2) is 46.7 Å². The summed E-state index contributed by atoms with van der Waals surface area (Å²) in [5, 5.41) is 6.08. The lowest BCUT2D eigenvalue weighted by atomic mass is 9.93. The third-order valence-electron chi connectivity index (χ3n) is 4.79. The van der Waals surface area contributed by atoms with Gasteiger partial charge in [-0.1, -0.05) is 18.2 Å². The van der Waals surface area contributed by atoms with Crippen LogP contribution in [0.25, 0.3) is 11.8 Å². The predicted molar refractivity (Wildman–Crippen MR) is 114 cm³/mol. The fourth-order valence-corrected chi connectivity index (χ4v) is 4.12. The molecule has 6 heteroatoms. The van der Waals surface area contributed by atoms with Crippen LogP contribution in [0.4, 0.5) is 0 Å². The third-order valence-corrected chi connectivity index (χ3v) is 5.73. The van der Waals surface area contributed by atoms with Crippen LogP contribution in [-0.4, -0.2) is 16.6 Å². The minimum absolute atomic E-state index is 0.0747. The molecule has 28 heavy (non-hydrogen) atoms. The first-order chi connectivity index (χ1) is 13.6. The van der Waals surface area contributed by atoms with Crippen LogP contribution in [0, 0.1) is 6.92 Å². The predicted octanol–water partition coefficient (Wildman–Crippen LogP) is 3.86. The Balaban J connectivity index is 1.52. The van der Waals surface area contributed by atoms with E-state index in [1.807, 2.05) is 25.4 Å². The second-order valence-corrected chi connectivity index (χ2v) is 7.88. The fourth-order valence-electron chi connectivity index (χ4n) is 3.44. The number of pyridine rings is 1. The maximum Gasteiger partial charge on any atom is 0.258 e. The number of hydrogen-bond donors (Lipinski definition) is 1. The monoisotopic (exact) mass is 393 g/mol. The second kappa shape index (κ2) is 8.12. The second-order valence-electron chi connectivity index (χ2n) is 6.94. The molecule has 5 nitrogen and oxygen atoms in total. The molecule has 0 spiro atoms. The lowest BCUT2D eigenvalue weighted by Crippen LogP contribution is -2.19. The molecule has 1 N–H and O–H groups in total. The van der Waals surface area contributed by atoms with E-state index in [1.165, 1.54) is 16.7 Å². The summed E-state index contributed by atoms with van der Waals surface area (Å²) in [5.74, 6) is 0.572. The number of hydrogen-bond acceptors (Lipinski definition) is 5. The van der Waals surface area contributed by atoms with Crippen LogP contribution in [0.3, 0.4) is 0 Å². The zero-order valence-electron chi connectivity index (χ0n) is 16.1. The number of nitrogens with one attached hydrogen (secondary N) is 1. The fraction of sp³-hybridized carbons (Fsp3) is 0.273. The molecular weight excluding hydrogens is 370 g/mol. The number of aromatic nitrogens is 2. The quantitative estimate of drug-likeness (QED) is 0.691. The number of nitrogens with zero attached hydrogens (tertiary/aromatic N) is 2. The minimum atomic E-state index is -0.0747. The average molecular weight is 394 g/mol. The molecule has 0 radical (unpaired) electrons. The van der Waals surface area contributed by atoms with E-state index >= 15 is 0 Å². The Kier molecular flexibility index (Phi) is 5.41. The summed E-state index contributed by atoms with van der Waals surface area (Å²) in [4.78, 5) is 17.0. The number of rotatable bonds is 6. The van der Waals surface area contributed by atoms with E-state index in [1.54, 1.807) is 28.2 Å². The summed E-state index contributed by atoms with van der Waals surface area (Å²) in [7, 11) is 1.95. The van der Waals surface area contributed by atoms with E-state index < -0.39 is 0 Å². The number of thiazole rings is 1. The van der Waals surface area contributed by atoms with Crippen molar-refractivity contribution in [2.75, 3.05) is 7.05 Å². The zero-order valence-corrected chi connectivity index (χ0v) is 16.9. The standard InChI is InChI=1S/C22H23N3O2S/c1-15-14-28-21(24-15)13-27-20-7-8-25(22(26)11-20)19-6-5-17-9-16(12-23-2)3-4-18(17)10-19/h3-4,7-11,14,23H,5-6,12-13H2,1-2H3. The summed E-state index contributed by atoms with van der Waals surface area (Å²) in [6, 6.07) is 9.91. The molecule has 144 valence electrons. The molecule has 1 aliphatic carbocycles. The number of allylic oxidation sites excluding steroid dienone is 1. The minimum Gasteiger partial charge on any atom is -0.486 e. The smallest absolute Gasteiger partial charge is 0.258 e. The van der Waals surface area contributed by atoms with Crippen molar-refractivity contribution in [3.63, 3.8) is 0 Å². The maximum atomic E-state index is 12.6. The molecule has 0 fully saturated rings. The molecule has 0 amide bonds. The zero-order chi connectivity index (χ0) is 19.5. The van der Waals surface area contributed by atoms with Crippen molar-refractivity contribution < 1.29 is 4.74 Å². The van der Waals surface area contributed by atoms with Crippen LogP contribution in [-0.2, 0) is 19.6 Å².